The second-order valence-electron chi connectivity index (χ2n) is 2.51. The number of carbonyl (C=O) groups excluding carboxylic acids is 1. The first-order valence-electron chi connectivity index (χ1n) is 3.84. The molecule has 0 aliphatic rings. The molecule has 0 N–H and O–H groups in total. The van der Waals surface area contributed by atoms with Crippen molar-refractivity contribution in [2.24, 2.45) is 0 Å². The van der Waals surface area contributed by atoms with Gasteiger partial charge in [0.15, 0.2) is 17.9 Å². The fourth-order valence-corrected chi connectivity index (χ4v) is 0.927. The summed E-state index contributed by atoms with van der Waals surface area (Å²) in [6, 6.07) is 5.62. The summed E-state index contributed by atoms with van der Waals surface area (Å²) in [6.07, 6.45) is -0.167. The molecule has 0 aliphatic carbocycles. The molecule has 0 bridgehead atoms. The zero-order valence-electron chi connectivity index (χ0n) is 7.46. The van der Waals surface area contributed by atoms with Crippen molar-refractivity contribution in [3.63, 3.8) is 0 Å². The van der Waals surface area contributed by atoms with Crippen LogP contribution in [-0.2, 0) is 4.79 Å². The molecule has 0 heterocycles. The quantitative estimate of drug-likeness (QED) is 0.551. The maximum atomic E-state index is 13.0. The minimum atomic E-state index is -1.41. The molecule has 0 aromatic heterocycles. The number of allylic oxidation sites excluding steroid dienone is 1. The standard InChI is InChI=1S/C10H8F2O2/c1-14-8-4-2-7(3-5-8)10(12)9(11)6-13/h2-6H,1H3/b10-9-. The smallest absolute Gasteiger partial charge is 0.199 e. The second-order valence-corrected chi connectivity index (χ2v) is 2.51. The van der Waals surface area contributed by atoms with E-state index in [1.165, 1.54) is 31.4 Å². The molecule has 0 aliphatic heterocycles. The average molecular weight is 198 g/mol. The van der Waals surface area contributed by atoms with E-state index in [1.54, 1.807) is 0 Å². The van der Waals surface area contributed by atoms with Gasteiger partial charge in [0.2, 0.25) is 0 Å². The Labute approximate surface area is 79.8 Å². The molecule has 1 rings (SSSR count). The Morgan fingerprint density at radius 1 is 1.29 bits per heavy atom. The summed E-state index contributed by atoms with van der Waals surface area (Å²) in [7, 11) is 1.47. The Bertz CT molecular complexity index is 355. The van der Waals surface area contributed by atoms with Crippen molar-refractivity contribution in [1.82, 2.24) is 0 Å². The first-order valence-corrected chi connectivity index (χ1v) is 3.84. The van der Waals surface area contributed by atoms with Crippen LogP contribution < -0.4 is 4.74 Å². The Hall–Kier alpha value is -1.71. The van der Waals surface area contributed by atoms with Gasteiger partial charge in [-0.2, -0.15) is 0 Å². The van der Waals surface area contributed by atoms with Gasteiger partial charge in [-0.05, 0) is 24.3 Å². The lowest BCUT2D eigenvalue weighted by atomic mass is 10.2. The highest BCUT2D eigenvalue weighted by Crippen LogP contribution is 2.22. The van der Waals surface area contributed by atoms with E-state index in [4.69, 9.17) is 4.74 Å². The number of benzene rings is 1. The van der Waals surface area contributed by atoms with Crippen LogP contribution in [0.15, 0.2) is 30.1 Å². The van der Waals surface area contributed by atoms with Gasteiger partial charge in [-0.3, -0.25) is 4.79 Å². The highest BCUT2D eigenvalue weighted by molar-refractivity contribution is 5.82. The van der Waals surface area contributed by atoms with Gasteiger partial charge in [0.1, 0.15) is 5.75 Å². The number of carbonyl (C=O) groups is 1. The van der Waals surface area contributed by atoms with E-state index in [-0.39, 0.29) is 11.8 Å². The van der Waals surface area contributed by atoms with Gasteiger partial charge in [0.25, 0.3) is 0 Å². The zero-order valence-corrected chi connectivity index (χ0v) is 7.46. The van der Waals surface area contributed by atoms with Crippen LogP contribution >= 0.6 is 0 Å². The van der Waals surface area contributed by atoms with E-state index in [2.05, 4.69) is 0 Å². The molecule has 74 valence electrons. The third kappa shape index (κ3) is 2.16. The normalized spacial score (nSPS) is 11.9. The van der Waals surface area contributed by atoms with Gasteiger partial charge in [-0.1, -0.05) is 0 Å². The van der Waals surface area contributed by atoms with Crippen LogP contribution in [0.1, 0.15) is 5.56 Å². The van der Waals surface area contributed by atoms with Crippen molar-refractivity contribution < 1.29 is 18.3 Å². The number of aldehydes is 1. The Balaban J connectivity index is 3.03. The van der Waals surface area contributed by atoms with Crippen molar-refractivity contribution in [3.8, 4) is 5.75 Å². The van der Waals surface area contributed by atoms with Gasteiger partial charge in [-0.15, -0.1) is 0 Å². The molecule has 0 unspecified atom stereocenters. The summed E-state index contributed by atoms with van der Waals surface area (Å²) < 4.78 is 30.3. The highest BCUT2D eigenvalue weighted by atomic mass is 19.2. The van der Waals surface area contributed by atoms with Crippen LogP contribution in [0, 0.1) is 0 Å². The molecular formula is C10H8F2O2. The second kappa shape index (κ2) is 4.50. The van der Waals surface area contributed by atoms with E-state index in [0.29, 0.717) is 5.75 Å². The van der Waals surface area contributed by atoms with Crippen LogP contribution in [0.5, 0.6) is 5.75 Å². The lowest BCUT2D eigenvalue weighted by Gasteiger charge is -2.00. The van der Waals surface area contributed by atoms with E-state index >= 15 is 0 Å². The van der Waals surface area contributed by atoms with E-state index < -0.39 is 11.7 Å². The maximum absolute atomic E-state index is 13.0. The molecule has 1 aromatic carbocycles. The van der Waals surface area contributed by atoms with Crippen LogP contribution in [0.2, 0.25) is 0 Å². The molecule has 0 spiro atoms. The molecule has 1 aromatic rings. The van der Waals surface area contributed by atoms with Crippen LogP contribution in [-0.4, -0.2) is 13.4 Å². The number of rotatable bonds is 3. The molecule has 0 saturated heterocycles. The maximum Gasteiger partial charge on any atom is 0.199 e. The minimum Gasteiger partial charge on any atom is -0.497 e. The fraction of sp³-hybridized carbons (Fsp3) is 0.100. The first kappa shape index (κ1) is 10.4. The third-order valence-electron chi connectivity index (χ3n) is 1.66. The Morgan fingerprint density at radius 2 is 1.86 bits per heavy atom. The molecule has 0 radical (unpaired) electrons. The minimum absolute atomic E-state index is 0.00963. The van der Waals surface area contributed by atoms with Gasteiger partial charge >= 0.3 is 0 Å². The summed E-state index contributed by atoms with van der Waals surface area (Å²) >= 11 is 0. The first-order chi connectivity index (χ1) is 6.69. The van der Waals surface area contributed by atoms with Crippen molar-refractivity contribution in [2.75, 3.05) is 7.11 Å². The molecule has 0 amide bonds. The lowest BCUT2D eigenvalue weighted by molar-refractivity contribution is -0.106. The molecule has 4 heteroatoms. The highest BCUT2D eigenvalue weighted by Gasteiger charge is 2.07. The summed E-state index contributed by atoms with van der Waals surface area (Å²) in [5, 5.41) is 0. The van der Waals surface area contributed by atoms with E-state index in [1.807, 2.05) is 0 Å². The fourth-order valence-electron chi connectivity index (χ4n) is 0.927. The van der Waals surface area contributed by atoms with Gasteiger partial charge in [0, 0.05) is 5.56 Å². The van der Waals surface area contributed by atoms with Crippen molar-refractivity contribution in [1.29, 1.82) is 0 Å². The summed E-state index contributed by atoms with van der Waals surface area (Å²) in [6.45, 7) is 0. The zero-order chi connectivity index (χ0) is 10.6. The largest absolute Gasteiger partial charge is 0.497 e. The molecule has 0 atom stereocenters. The Kier molecular flexibility index (Phi) is 3.34. The SMILES string of the molecule is COc1ccc(/C(F)=C(/F)C=O)cc1. The summed E-state index contributed by atoms with van der Waals surface area (Å²) in [5.74, 6) is -2.04. The van der Waals surface area contributed by atoms with E-state index in [9.17, 15) is 13.6 Å². The average Bonchev–Trinajstić information content (AvgIpc) is 2.27. The van der Waals surface area contributed by atoms with Gasteiger partial charge in [0.05, 0.1) is 7.11 Å². The molecule has 0 saturated carbocycles. The topological polar surface area (TPSA) is 26.3 Å². The number of halogens is 2. The number of methoxy groups -OCH3 is 1. The van der Waals surface area contributed by atoms with Gasteiger partial charge in [-0.25, -0.2) is 8.78 Å². The van der Waals surface area contributed by atoms with Crippen LogP contribution in [0.25, 0.3) is 5.83 Å². The van der Waals surface area contributed by atoms with E-state index in [0.717, 1.165) is 0 Å². The van der Waals surface area contributed by atoms with Crippen molar-refractivity contribution in [3.05, 3.63) is 35.7 Å². The third-order valence-corrected chi connectivity index (χ3v) is 1.66. The monoisotopic (exact) mass is 198 g/mol. The predicted octanol–water partition coefficient (Wildman–Crippen LogP) is 2.50. The number of hydrogen-bond acceptors (Lipinski definition) is 2. The summed E-state index contributed by atoms with van der Waals surface area (Å²) in [4.78, 5) is 9.95. The summed E-state index contributed by atoms with van der Waals surface area (Å²) in [5.41, 5.74) is 0.00963. The molecule has 0 fully saturated rings. The van der Waals surface area contributed by atoms with Crippen LogP contribution in [0.4, 0.5) is 8.78 Å². The van der Waals surface area contributed by atoms with Gasteiger partial charge < -0.3 is 4.74 Å². The Morgan fingerprint density at radius 3 is 2.29 bits per heavy atom. The molecule has 2 nitrogen and oxygen atoms in total. The predicted molar refractivity (Wildman–Crippen MR) is 48.2 cm³/mol. The van der Waals surface area contributed by atoms with Crippen molar-refractivity contribution in [2.45, 2.75) is 0 Å². The lowest BCUT2D eigenvalue weighted by Crippen LogP contribution is -1.86. The number of hydrogen-bond donors (Lipinski definition) is 0. The molecular weight excluding hydrogens is 190 g/mol. The van der Waals surface area contributed by atoms with Crippen molar-refractivity contribution >= 4 is 12.1 Å². The van der Waals surface area contributed by atoms with Crippen LogP contribution in [0.3, 0.4) is 0 Å². The molecule has 14 heavy (non-hydrogen) atoms. The number of ether oxygens (including phenoxy) is 1.